The molecule has 18 heavy (non-hydrogen) atoms. The molecule has 0 saturated carbocycles. The topological polar surface area (TPSA) is 68.0 Å². The second-order valence-corrected chi connectivity index (χ2v) is 4.37. The minimum Gasteiger partial charge on any atom is -0.399 e. The first-order chi connectivity index (χ1) is 8.56. The van der Waals surface area contributed by atoms with Crippen molar-refractivity contribution < 1.29 is 4.79 Å². The van der Waals surface area contributed by atoms with Crippen molar-refractivity contribution in [3.05, 3.63) is 52.3 Å². The van der Waals surface area contributed by atoms with Crippen LogP contribution in [-0.4, -0.2) is 10.9 Å². The van der Waals surface area contributed by atoms with Gasteiger partial charge in [-0.25, -0.2) is 0 Å². The van der Waals surface area contributed by atoms with Crippen molar-refractivity contribution in [1.82, 2.24) is 4.98 Å². The molecule has 0 aliphatic carbocycles. The Morgan fingerprint density at radius 1 is 1.17 bits per heavy atom. The number of pyridine rings is 1. The van der Waals surface area contributed by atoms with Crippen LogP contribution in [0.1, 0.15) is 10.5 Å². The van der Waals surface area contributed by atoms with Crippen LogP contribution >= 0.6 is 23.2 Å². The van der Waals surface area contributed by atoms with E-state index in [1.165, 1.54) is 12.3 Å². The molecular formula is C12H9Cl2N3O. The zero-order valence-corrected chi connectivity index (χ0v) is 10.7. The third-order valence-corrected chi connectivity index (χ3v) is 2.93. The van der Waals surface area contributed by atoms with Gasteiger partial charge in [-0.1, -0.05) is 23.2 Å². The molecule has 2 aromatic rings. The zero-order chi connectivity index (χ0) is 13.1. The lowest BCUT2D eigenvalue weighted by molar-refractivity contribution is 0.102. The van der Waals surface area contributed by atoms with Crippen molar-refractivity contribution in [2.24, 2.45) is 0 Å². The summed E-state index contributed by atoms with van der Waals surface area (Å²) in [4.78, 5) is 15.8. The number of carbonyl (C=O) groups is 1. The summed E-state index contributed by atoms with van der Waals surface area (Å²) in [6.45, 7) is 0. The van der Waals surface area contributed by atoms with E-state index < -0.39 is 0 Å². The summed E-state index contributed by atoms with van der Waals surface area (Å²) in [5, 5.41) is 3.45. The lowest BCUT2D eigenvalue weighted by atomic mass is 10.2. The summed E-state index contributed by atoms with van der Waals surface area (Å²) in [5.41, 5.74) is 6.83. The number of benzene rings is 1. The first kappa shape index (κ1) is 12.7. The molecule has 0 unspecified atom stereocenters. The van der Waals surface area contributed by atoms with Crippen LogP contribution in [0.3, 0.4) is 0 Å². The number of amides is 1. The Hall–Kier alpha value is -1.78. The molecule has 0 bridgehead atoms. The van der Waals surface area contributed by atoms with Crippen LogP contribution in [0.25, 0.3) is 0 Å². The molecule has 1 amide bonds. The molecule has 0 spiro atoms. The van der Waals surface area contributed by atoms with Crippen LogP contribution in [0.15, 0.2) is 36.5 Å². The van der Waals surface area contributed by atoms with Crippen molar-refractivity contribution in [2.75, 3.05) is 11.1 Å². The Balaban J connectivity index is 2.18. The van der Waals surface area contributed by atoms with Crippen LogP contribution in [0, 0.1) is 0 Å². The van der Waals surface area contributed by atoms with E-state index >= 15 is 0 Å². The van der Waals surface area contributed by atoms with Gasteiger partial charge in [0, 0.05) is 17.6 Å². The van der Waals surface area contributed by atoms with Crippen LogP contribution in [0.2, 0.25) is 10.0 Å². The number of hydrogen-bond donors (Lipinski definition) is 2. The summed E-state index contributed by atoms with van der Waals surface area (Å²) in [6.07, 6.45) is 1.47. The molecule has 0 aliphatic rings. The number of rotatable bonds is 2. The zero-order valence-electron chi connectivity index (χ0n) is 9.15. The summed E-state index contributed by atoms with van der Waals surface area (Å²) < 4.78 is 0. The van der Waals surface area contributed by atoms with Gasteiger partial charge in [-0.2, -0.15) is 0 Å². The molecule has 4 nitrogen and oxygen atoms in total. The predicted molar refractivity (Wildman–Crippen MR) is 73.1 cm³/mol. The van der Waals surface area contributed by atoms with Crippen molar-refractivity contribution in [1.29, 1.82) is 0 Å². The van der Waals surface area contributed by atoms with E-state index in [4.69, 9.17) is 28.9 Å². The smallest absolute Gasteiger partial charge is 0.274 e. The van der Waals surface area contributed by atoms with E-state index in [2.05, 4.69) is 10.3 Å². The van der Waals surface area contributed by atoms with Crippen molar-refractivity contribution in [3.63, 3.8) is 0 Å². The third-order valence-electron chi connectivity index (χ3n) is 2.19. The predicted octanol–water partition coefficient (Wildman–Crippen LogP) is 3.22. The van der Waals surface area contributed by atoms with Gasteiger partial charge in [-0.3, -0.25) is 9.78 Å². The van der Waals surface area contributed by atoms with Crippen molar-refractivity contribution >= 4 is 40.5 Å². The Kier molecular flexibility index (Phi) is 3.69. The largest absolute Gasteiger partial charge is 0.399 e. The molecule has 0 fully saturated rings. The summed E-state index contributed by atoms with van der Waals surface area (Å²) in [7, 11) is 0. The number of nitrogens with one attached hydrogen (secondary N) is 1. The molecule has 6 heteroatoms. The number of nitrogens with two attached hydrogens (primary N) is 1. The monoisotopic (exact) mass is 281 g/mol. The minimum atomic E-state index is -0.360. The first-order valence-corrected chi connectivity index (χ1v) is 5.80. The van der Waals surface area contributed by atoms with E-state index in [0.29, 0.717) is 21.4 Å². The maximum Gasteiger partial charge on any atom is 0.274 e. The van der Waals surface area contributed by atoms with Gasteiger partial charge >= 0.3 is 0 Å². The molecular weight excluding hydrogens is 273 g/mol. The Labute approximate surface area is 114 Å². The average molecular weight is 282 g/mol. The van der Waals surface area contributed by atoms with Gasteiger partial charge in [0.05, 0.1) is 10.0 Å². The van der Waals surface area contributed by atoms with Crippen LogP contribution in [-0.2, 0) is 0 Å². The normalized spacial score (nSPS) is 10.1. The quantitative estimate of drug-likeness (QED) is 0.888. The van der Waals surface area contributed by atoms with Gasteiger partial charge in [-0.05, 0) is 30.3 Å². The molecule has 0 atom stereocenters. The molecule has 1 aromatic carbocycles. The van der Waals surface area contributed by atoms with Gasteiger partial charge in [0.1, 0.15) is 5.69 Å². The highest BCUT2D eigenvalue weighted by molar-refractivity contribution is 6.42. The highest BCUT2D eigenvalue weighted by Crippen LogP contribution is 2.25. The summed E-state index contributed by atoms with van der Waals surface area (Å²) in [6, 6.07) is 7.92. The van der Waals surface area contributed by atoms with Gasteiger partial charge in [-0.15, -0.1) is 0 Å². The number of carbonyl (C=O) groups excluding carboxylic acids is 1. The third kappa shape index (κ3) is 2.91. The number of halogens is 2. The molecule has 0 radical (unpaired) electrons. The Morgan fingerprint density at radius 2 is 1.94 bits per heavy atom. The molecule has 3 N–H and O–H groups in total. The maximum atomic E-state index is 11.9. The molecule has 2 rings (SSSR count). The highest BCUT2D eigenvalue weighted by atomic mass is 35.5. The number of anilines is 2. The maximum absolute atomic E-state index is 11.9. The van der Waals surface area contributed by atoms with Gasteiger partial charge in [0.25, 0.3) is 5.91 Å². The number of nitrogens with zero attached hydrogens (tertiary/aromatic N) is 1. The van der Waals surface area contributed by atoms with E-state index in [-0.39, 0.29) is 11.6 Å². The molecule has 0 aliphatic heterocycles. The lowest BCUT2D eigenvalue weighted by Gasteiger charge is -2.06. The summed E-state index contributed by atoms with van der Waals surface area (Å²) >= 11 is 11.6. The number of aromatic nitrogens is 1. The first-order valence-electron chi connectivity index (χ1n) is 5.04. The van der Waals surface area contributed by atoms with Crippen LogP contribution in [0.5, 0.6) is 0 Å². The van der Waals surface area contributed by atoms with E-state index in [0.717, 1.165) is 0 Å². The highest BCUT2D eigenvalue weighted by Gasteiger charge is 2.08. The van der Waals surface area contributed by atoms with E-state index in [9.17, 15) is 4.79 Å². The van der Waals surface area contributed by atoms with Gasteiger partial charge in [0.2, 0.25) is 0 Å². The molecule has 1 aromatic heterocycles. The van der Waals surface area contributed by atoms with Crippen molar-refractivity contribution in [2.45, 2.75) is 0 Å². The second kappa shape index (κ2) is 5.25. The van der Waals surface area contributed by atoms with E-state index in [1.54, 1.807) is 24.3 Å². The standard InChI is InChI=1S/C12H9Cl2N3O/c13-9-2-1-8(6-10(9)14)17-12(18)11-5-7(15)3-4-16-11/h1-6H,(H2,15,16)(H,17,18). The van der Waals surface area contributed by atoms with Crippen molar-refractivity contribution in [3.8, 4) is 0 Å². The molecule has 92 valence electrons. The average Bonchev–Trinajstić information content (AvgIpc) is 2.34. The number of hydrogen-bond acceptors (Lipinski definition) is 3. The number of nitrogen functional groups attached to an aromatic ring is 1. The fourth-order valence-electron chi connectivity index (χ4n) is 1.34. The fourth-order valence-corrected chi connectivity index (χ4v) is 1.64. The van der Waals surface area contributed by atoms with Gasteiger partial charge < -0.3 is 11.1 Å². The molecule has 1 heterocycles. The van der Waals surface area contributed by atoms with Crippen LogP contribution < -0.4 is 11.1 Å². The summed E-state index contributed by atoms with van der Waals surface area (Å²) in [5.74, 6) is -0.360. The SMILES string of the molecule is Nc1ccnc(C(=O)Nc2ccc(Cl)c(Cl)c2)c1. The van der Waals surface area contributed by atoms with Gasteiger partial charge in [0.15, 0.2) is 0 Å². The fraction of sp³-hybridized carbons (Fsp3) is 0. The van der Waals surface area contributed by atoms with Crippen LogP contribution in [0.4, 0.5) is 11.4 Å². The van der Waals surface area contributed by atoms with E-state index in [1.807, 2.05) is 0 Å². The Morgan fingerprint density at radius 3 is 2.61 bits per heavy atom. The molecule has 0 saturated heterocycles. The lowest BCUT2D eigenvalue weighted by Crippen LogP contribution is -2.13. The minimum absolute atomic E-state index is 0.237. The second-order valence-electron chi connectivity index (χ2n) is 3.56. The Bertz CT molecular complexity index is 602.